The van der Waals surface area contributed by atoms with Crippen molar-refractivity contribution in [3.05, 3.63) is 114 Å². The summed E-state index contributed by atoms with van der Waals surface area (Å²) < 4.78 is 39.0. The molecule has 1 aliphatic rings. The Hall–Kier alpha value is -3.60. The van der Waals surface area contributed by atoms with Crippen LogP contribution in [0.15, 0.2) is 102 Å². The van der Waals surface area contributed by atoms with Crippen LogP contribution >= 0.6 is 0 Å². The second kappa shape index (κ2) is 7.58. The van der Waals surface area contributed by atoms with Gasteiger partial charge in [-0.2, -0.15) is 18.3 Å². The summed E-state index contributed by atoms with van der Waals surface area (Å²) in [6.45, 7) is 0. The molecule has 0 aliphatic carbocycles. The van der Waals surface area contributed by atoms with Crippen molar-refractivity contribution in [3.63, 3.8) is 0 Å². The molecule has 0 saturated carbocycles. The van der Waals surface area contributed by atoms with Crippen LogP contribution in [0.25, 0.3) is 10.8 Å². The van der Waals surface area contributed by atoms with Gasteiger partial charge < -0.3 is 0 Å². The molecule has 0 aromatic heterocycles. The zero-order valence-electron chi connectivity index (χ0n) is 16.6. The second-order valence-corrected chi connectivity index (χ2v) is 7.63. The van der Waals surface area contributed by atoms with Crippen LogP contribution in [0.5, 0.6) is 0 Å². The molecular weight excluding hydrogens is 397 g/mol. The smallest absolute Gasteiger partial charge is 0.257 e. The van der Waals surface area contributed by atoms with Gasteiger partial charge in [-0.05, 0) is 52.2 Å². The maximum absolute atomic E-state index is 13.0. The zero-order chi connectivity index (χ0) is 21.4. The Morgan fingerprint density at radius 1 is 0.742 bits per heavy atom. The van der Waals surface area contributed by atoms with Crippen LogP contribution in [0.2, 0.25) is 0 Å². The highest BCUT2D eigenvalue weighted by molar-refractivity contribution is 6.05. The molecule has 4 aromatic rings. The van der Waals surface area contributed by atoms with Crippen LogP contribution in [-0.2, 0) is 6.18 Å². The number of anilines is 1. The summed E-state index contributed by atoms with van der Waals surface area (Å²) in [7, 11) is 0. The molecule has 5 heteroatoms. The summed E-state index contributed by atoms with van der Waals surface area (Å²) in [5, 5.41) is 9.09. The fourth-order valence-electron chi connectivity index (χ4n) is 4.03. The lowest BCUT2D eigenvalue weighted by Crippen LogP contribution is -2.18. The molecule has 1 aliphatic heterocycles. The normalized spacial score (nSPS) is 16.5. The Balaban J connectivity index is 1.54. The molecular formula is C26H19F3N2. The molecule has 2 nitrogen and oxygen atoms in total. The number of halogens is 3. The monoisotopic (exact) mass is 416 g/mol. The summed E-state index contributed by atoms with van der Waals surface area (Å²) in [4.78, 5) is 0. The number of rotatable bonds is 3. The van der Waals surface area contributed by atoms with Gasteiger partial charge in [-0.1, -0.05) is 66.7 Å². The van der Waals surface area contributed by atoms with E-state index in [0.29, 0.717) is 6.42 Å². The summed E-state index contributed by atoms with van der Waals surface area (Å²) >= 11 is 0. The minimum absolute atomic E-state index is 0.175. The number of hydrogen-bond acceptors (Lipinski definition) is 2. The van der Waals surface area contributed by atoms with Crippen molar-refractivity contribution in [1.82, 2.24) is 0 Å². The number of benzene rings is 4. The van der Waals surface area contributed by atoms with Gasteiger partial charge in [0.25, 0.3) is 0 Å². The van der Waals surface area contributed by atoms with Gasteiger partial charge >= 0.3 is 6.18 Å². The highest BCUT2D eigenvalue weighted by atomic mass is 19.4. The zero-order valence-corrected chi connectivity index (χ0v) is 16.6. The van der Waals surface area contributed by atoms with Gasteiger partial charge in [-0.25, -0.2) is 0 Å². The molecule has 0 bridgehead atoms. The first-order chi connectivity index (χ1) is 15.0. The summed E-state index contributed by atoms with van der Waals surface area (Å²) in [6.07, 6.45) is -3.74. The quantitative estimate of drug-likeness (QED) is 0.344. The van der Waals surface area contributed by atoms with Crippen LogP contribution < -0.4 is 5.01 Å². The Morgan fingerprint density at radius 2 is 1.42 bits per heavy atom. The first-order valence-corrected chi connectivity index (χ1v) is 10.1. The van der Waals surface area contributed by atoms with Crippen LogP contribution in [0, 0.1) is 0 Å². The number of para-hydroxylation sites is 1. The molecule has 4 aromatic carbocycles. The molecule has 0 radical (unpaired) electrons. The van der Waals surface area contributed by atoms with Crippen molar-refractivity contribution in [2.75, 3.05) is 5.01 Å². The summed E-state index contributed by atoms with van der Waals surface area (Å²) in [6, 6.07) is 29.3. The van der Waals surface area contributed by atoms with Crippen molar-refractivity contribution in [1.29, 1.82) is 0 Å². The van der Waals surface area contributed by atoms with Crippen LogP contribution in [-0.4, -0.2) is 5.71 Å². The maximum atomic E-state index is 13.0. The number of hydrogen-bond donors (Lipinski definition) is 0. The molecule has 0 fully saturated rings. The second-order valence-electron chi connectivity index (χ2n) is 7.63. The van der Waals surface area contributed by atoms with Crippen molar-refractivity contribution in [2.24, 2.45) is 5.10 Å². The third-order valence-electron chi connectivity index (χ3n) is 5.64. The number of hydrazone groups is 1. The highest BCUT2D eigenvalue weighted by Gasteiger charge is 2.33. The first-order valence-electron chi connectivity index (χ1n) is 10.1. The topological polar surface area (TPSA) is 15.6 Å². The van der Waals surface area contributed by atoms with E-state index in [9.17, 15) is 13.2 Å². The van der Waals surface area contributed by atoms with E-state index in [-0.39, 0.29) is 6.04 Å². The van der Waals surface area contributed by atoms with Gasteiger partial charge in [0.15, 0.2) is 0 Å². The van der Waals surface area contributed by atoms with Gasteiger partial charge in [0, 0.05) is 6.42 Å². The van der Waals surface area contributed by atoms with E-state index in [0.717, 1.165) is 45.4 Å². The van der Waals surface area contributed by atoms with Crippen LogP contribution in [0.3, 0.4) is 0 Å². The van der Waals surface area contributed by atoms with Gasteiger partial charge in [-0.15, -0.1) is 0 Å². The van der Waals surface area contributed by atoms with Crippen molar-refractivity contribution in [3.8, 4) is 0 Å². The predicted octanol–water partition coefficient (Wildman–Crippen LogP) is 7.21. The van der Waals surface area contributed by atoms with E-state index in [1.807, 2.05) is 47.5 Å². The lowest BCUT2D eigenvalue weighted by Gasteiger charge is -2.24. The molecule has 154 valence electrons. The molecule has 5 rings (SSSR count). The maximum Gasteiger partial charge on any atom is 0.416 e. The third-order valence-corrected chi connectivity index (χ3v) is 5.64. The third kappa shape index (κ3) is 3.79. The van der Waals surface area contributed by atoms with E-state index in [1.54, 1.807) is 12.1 Å². The minimum Gasteiger partial charge on any atom is -0.257 e. The Labute approximate surface area is 178 Å². The average molecular weight is 416 g/mol. The molecule has 1 heterocycles. The van der Waals surface area contributed by atoms with Crippen molar-refractivity contribution < 1.29 is 13.2 Å². The molecule has 31 heavy (non-hydrogen) atoms. The summed E-state index contributed by atoms with van der Waals surface area (Å²) in [5.41, 5.74) is 3.00. The average Bonchev–Trinajstić information content (AvgIpc) is 3.24. The van der Waals surface area contributed by atoms with Gasteiger partial charge in [0.1, 0.15) is 0 Å². The molecule has 1 unspecified atom stereocenters. The fourth-order valence-corrected chi connectivity index (χ4v) is 4.03. The minimum atomic E-state index is -4.35. The SMILES string of the molecule is FC(F)(F)c1ccc(C2CC(c3ccc4ccccc4c3)=NN2c2ccccc2)cc1. The van der Waals surface area contributed by atoms with Crippen LogP contribution in [0.4, 0.5) is 18.9 Å². The largest absolute Gasteiger partial charge is 0.416 e. The molecule has 0 saturated heterocycles. The molecule has 1 atom stereocenters. The number of nitrogens with zero attached hydrogens (tertiary/aromatic N) is 2. The fraction of sp³-hybridized carbons (Fsp3) is 0.115. The van der Waals surface area contributed by atoms with Gasteiger partial charge in [0.05, 0.1) is 23.0 Å². The van der Waals surface area contributed by atoms with Crippen molar-refractivity contribution in [2.45, 2.75) is 18.6 Å². The van der Waals surface area contributed by atoms with E-state index >= 15 is 0 Å². The highest BCUT2D eigenvalue weighted by Crippen LogP contribution is 2.38. The van der Waals surface area contributed by atoms with E-state index in [2.05, 4.69) is 30.3 Å². The Bertz CT molecular complexity index is 1250. The van der Waals surface area contributed by atoms with E-state index < -0.39 is 11.7 Å². The van der Waals surface area contributed by atoms with Gasteiger partial charge in [-0.3, -0.25) is 5.01 Å². The lowest BCUT2D eigenvalue weighted by molar-refractivity contribution is -0.137. The standard InChI is InChI=1S/C26H19F3N2/c27-26(28,29)22-14-12-19(13-15-22)25-17-24(30-31(25)23-8-2-1-3-9-23)21-11-10-18-6-4-5-7-20(18)16-21/h1-16,25H,17H2. The predicted molar refractivity (Wildman–Crippen MR) is 118 cm³/mol. The first kappa shape index (κ1) is 19.4. The molecule has 0 amide bonds. The Kier molecular flexibility index (Phi) is 4.74. The lowest BCUT2D eigenvalue weighted by atomic mass is 9.96. The van der Waals surface area contributed by atoms with E-state index in [4.69, 9.17) is 5.10 Å². The molecule has 0 N–H and O–H groups in total. The molecule has 0 spiro atoms. The van der Waals surface area contributed by atoms with E-state index in [1.165, 1.54) is 0 Å². The Morgan fingerprint density at radius 3 is 2.13 bits per heavy atom. The number of fused-ring (bicyclic) bond motifs is 1. The number of alkyl halides is 3. The van der Waals surface area contributed by atoms with Crippen molar-refractivity contribution >= 4 is 22.2 Å². The van der Waals surface area contributed by atoms with Gasteiger partial charge in [0.2, 0.25) is 0 Å². The summed E-state index contributed by atoms with van der Waals surface area (Å²) in [5.74, 6) is 0. The van der Waals surface area contributed by atoms with Crippen LogP contribution in [0.1, 0.15) is 29.2 Å².